The van der Waals surface area contributed by atoms with E-state index in [4.69, 9.17) is 11.6 Å². The SMILES string of the molecule is Cc1ccc(-n2nnnc2SCc2ccc(Cl)nc2)cc1C. The average Bonchev–Trinajstić information content (AvgIpc) is 2.98. The number of aryl methyl sites for hydroxylation is 2. The van der Waals surface area contributed by atoms with E-state index in [0.717, 1.165) is 22.2 Å². The first-order chi connectivity index (χ1) is 10.6. The number of halogens is 1. The van der Waals surface area contributed by atoms with Gasteiger partial charge in [-0.25, -0.2) is 4.98 Å². The number of benzene rings is 1. The van der Waals surface area contributed by atoms with Crippen LogP contribution in [0.3, 0.4) is 0 Å². The third-order valence-electron chi connectivity index (χ3n) is 3.33. The second-order valence-electron chi connectivity index (χ2n) is 4.92. The van der Waals surface area contributed by atoms with E-state index >= 15 is 0 Å². The van der Waals surface area contributed by atoms with Gasteiger partial charge in [0.2, 0.25) is 5.16 Å². The molecule has 0 spiro atoms. The molecule has 0 amide bonds. The van der Waals surface area contributed by atoms with Crippen molar-refractivity contribution in [2.75, 3.05) is 0 Å². The number of nitrogens with zero attached hydrogens (tertiary/aromatic N) is 5. The summed E-state index contributed by atoms with van der Waals surface area (Å²) in [7, 11) is 0. The molecule has 3 rings (SSSR count). The molecule has 0 N–H and O–H groups in total. The summed E-state index contributed by atoms with van der Waals surface area (Å²) in [6.07, 6.45) is 1.76. The Kier molecular flexibility index (Phi) is 4.40. The predicted molar refractivity (Wildman–Crippen MR) is 87.4 cm³/mol. The highest BCUT2D eigenvalue weighted by atomic mass is 35.5. The molecule has 5 nitrogen and oxygen atoms in total. The smallest absolute Gasteiger partial charge is 0.214 e. The molecule has 0 aliphatic carbocycles. The van der Waals surface area contributed by atoms with Gasteiger partial charge in [0.05, 0.1) is 5.69 Å². The van der Waals surface area contributed by atoms with Crippen LogP contribution in [-0.2, 0) is 5.75 Å². The van der Waals surface area contributed by atoms with Gasteiger partial charge in [-0.15, -0.1) is 5.10 Å². The van der Waals surface area contributed by atoms with Gasteiger partial charge >= 0.3 is 0 Å². The molecule has 2 aromatic heterocycles. The van der Waals surface area contributed by atoms with Crippen molar-refractivity contribution in [1.29, 1.82) is 0 Å². The van der Waals surface area contributed by atoms with Crippen LogP contribution in [0, 0.1) is 13.8 Å². The van der Waals surface area contributed by atoms with Gasteiger partial charge in [-0.2, -0.15) is 4.68 Å². The summed E-state index contributed by atoms with van der Waals surface area (Å²) in [4.78, 5) is 4.07. The number of hydrogen-bond donors (Lipinski definition) is 0. The standard InChI is InChI=1S/C15H14ClN5S/c1-10-3-5-13(7-11(10)2)21-15(18-19-20-21)22-9-12-4-6-14(16)17-8-12/h3-8H,9H2,1-2H3. The normalized spacial score (nSPS) is 10.9. The van der Waals surface area contributed by atoms with Gasteiger partial charge in [0.1, 0.15) is 5.15 Å². The quantitative estimate of drug-likeness (QED) is 0.540. The van der Waals surface area contributed by atoms with E-state index in [0.29, 0.717) is 5.15 Å². The van der Waals surface area contributed by atoms with E-state index in [9.17, 15) is 0 Å². The summed E-state index contributed by atoms with van der Waals surface area (Å²) in [5, 5.41) is 13.2. The zero-order valence-electron chi connectivity index (χ0n) is 12.2. The number of hydrogen-bond acceptors (Lipinski definition) is 5. The first kappa shape index (κ1) is 15.0. The van der Waals surface area contributed by atoms with Crippen LogP contribution in [0.5, 0.6) is 0 Å². The molecule has 0 saturated heterocycles. The van der Waals surface area contributed by atoms with Crippen LogP contribution >= 0.6 is 23.4 Å². The van der Waals surface area contributed by atoms with Crippen LogP contribution in [0.25, 0.3) is 5.69 Å². The lowest BCUT2D eigenvalue weighted by atomic mass is 10.1. The van der Waals surface area contributed by atoms with Gasteiger partial charge in [0.25, 0.3) is 0 Å². The molecule has 2 heterocycles. The van der Waals surface area contributed by atoms with E-state index in [1.54, 1.807) is 28.7 Å². The van der Waals surface area contributed by atoms with Crippen LogP contribution in [0.4, 0.5) is 0 Å². The Morgan fingerprint density at radius 1 is 1.14 bits per heavy atom. The first-order valence-corrected chi connectivity index (χ1v) is 8.09. The summed E-state index contributed by atoms with van der Waals surface area (Å²) >= 11 is 7.35. The molecule has 7 heteroatoms. The number of rotatable bonds is 4. The van der Waals surface area contributed by atoms with Crippen molar-refractivity contribution >= 4 is 23.4 Å². The van der Waals surface area contributed by atoms with E-state index in [1.807, 2.05) is 12.1 Å². The van der Waals surface area contributed by atoms with E-state index in [1.165, 1.54) is 11.1 Å². The zero-order chi connectivity index (χ0) is 15.5. The number of thioether (sulfide) groups is 1. The van der Waals surface area contributed by atoms with Gasteiger partial charge in [0.15, 0.2) is 0 Å². The van der Waals surface area contributed by atoms with Crippen molar-refractivity contribution in [3.63, 3.8) is 0 Å². The third-order valence-corrected chi connectivity index (χ3v) is 4.55. The van der Waals surface area contributed by atoms with E-state index in [2.05, 4.69) is 46.5 Å². The number of pyridine rings is 1. The minimum atomic E-state index is 0.494. The predicted octanol–water partition coefficient (Wildman–Crippen LogP) is 3.62. The van der Waals surface area contributed by atoms with Gasteiger partial charge in [-0.05, 0) is 59.2 Å². The van der Waals surface area contributed by atoms with Crippen LogP contribution in [0.2, 0.25) is 5.15 Å². The zero-order valence-corrected chi connectivity index (χ0v) is 13.8. The van der Waals surface area contributed by atoms with Crippen molar-refractivity contribution in [3.05, 3.63) is 58.4 Å². The lowest BCUT2D eigenvalue weighted by Gasteiger charge is -2.07. The lowest BCUT2D eigenvalue weighted by Crippen LogP contribution is -2.00. The van der Waals surface area contributed by atoms with Crippen molar-refractivity contribution in [3.8, 4) is 5.69 Å². The van der Waals surface area contributed by atoms with Gasteiger partial charge in [-0.3, -0.25) is 0 Å². The highest BCUT2D eigenvalue weighted by molar-refractivity contribution is 7.98. The maximum absolute atomic E-state index is 5.79. The van der Waals surface area contributed by atoms with E-state index < -0.39 is 0 Å². The fourth-order valence-electron chi connectivity index (χ4n) is 1.93. The molecule has 0 fully saturated rings. The molecule has 0 aliphatic rings. The van der Waals surface area contributed by atoms with Crippen molar-refractivity contribution in [2.24, 2.45) is 0 Å². The largest absolute Gasteiger partial charge is 0.244 e. The van der Waals surface area contributed by atoms with Crippen molar-refractivity contribution < 1.29 is 0 Å². The fraction of sp³-hybridized carbons (Fsp3) is 0.200. The monoisotopic (exact) mass is 331 g/mol. The molecule has 112 valence electrons. The average molecular weight is 332 g/mol. The Balaban J connectivity index is 1.79. The lowest BCUT2D eigenvalue weighted by molar-refractivity contribution is 0.755. The molecule has 0 unspecified atom stereocenters. The molecular weight excluding hydrogens is 318 g/mol. The second-order valence-corrected chi connectivity index (χ2v) is 6.25. The second kappa shape index (κ2) is 6.46. The molecule has 0 bridgehead atoms. The van der Waals surface area contributed by atoms with Crippen LogP contribution in [-0.4, -0.2) is 25.2 Å². The Bertz CT molecular complexity index is 785. The summed E-state index contributed by atoms with van der Waals surface area (Å²) in [6.45, 7) is 4.16. The molecular formula is C15H14ClN5S. The topological polar surface area (TPSA) is 56.5 Å². The van der Waals surface area contributed by atoms with Crippen LogP contribution in [0.15, 0.2) is 41.7 Å². The van der Waals surface area contributed by atoms with Crippen molar-refractivity contribution in [2.45, 2.75) is 24.8 Å². The number of tetrazole rings is 1. The molecule has 0 saturated carbocycles. The summed E-state index contributed by atoms with van der Waals surface area (Å²) in [5.74, 6) is 0.732. The minimum absolute atomic E-state index is 0.494. The molecule has 0 aliphatic heterocycles. The van der Waals surface area contributed by atoms with Gasteiger partial charge < -0.3 is 0 Å². The van der Waals surface area contributed by atoms with Gasteiger partial charge in [0, 0.05) is 11.9 Å². The number of aromatic nitrogens is 5. The Labute approximate surface area is 137 Å². The highest BCUT2D eigenvalue weighted by Gasteiger charge is 2.10. The molecule has 3 aromatic rings. The summed E-state index contributed by atoms with van der Waals surface area (Å²) in [5.41, 5.74) is 4.50. The summed E-state index contributed by atoms with van der Waals surface area (Å²) in [6, 6.07) is 9.91. The highest BCUT2D eigenvalue weighted by Crippen LogP contribution is 2.23. The Hall–Kier alpha value is -1.92. The Morgan fingerprint density at radius 3 is 2.73 bits per heavy atom. The minimum Gasteiger partial charge on any atom is -0.244 e. The molecule has 0 radical (unpaired) electrons. The molecule has 1 aromatic carbocycles. The summed E-state index contributed by atoms with van der Waals surface area (Å²) < 4.78 is 1.75. The molecule has 0 atom stereocenters. The third kappa shape index (κ3) is 3.28. The van der Waals surface area contributed by atoms with Crippen LogP contribution < -0.4 is 0 Å². The Morgan fingerprint density at radius 2 is 2.00 bits per heavy atom. The van der Waals surface area contributed by atoms with E-state index in [-0.39, 0.29) is 0 Å². The fourth-order valence-corrected chi connectivity index (χ4v) is 2.86. The maximum Gasteiger partial charge on any atom is 0.214 e. The van der Waals surface area contributed by atoms with Gasteiger partial charge in [-0.1, -0.05) is 35.5 Å². The molecule has 22 heavy (non-hydrogen) atoms. The first-order valence-electron chi connectivity index (χ1n) is 6.73. The van der Waals surface area contributed by atoms with Crippen LogP contribution in [0.1, 0.15) is 16.7 Å². The maximum atomic E-state index is 5.79. The van der Waals surface area contributed by atoms with Crippen molar-refractivity contribution in [1.82, 2.24) is 25.2 Å².